The summed E-state index contributed by atoms with van der Waals surface area (Å²) in [5.41, 5.74) is 0.310. The van der Waals surface area contributed by atoms with Gasteiger partial charge < -0.3 is 9.64 Å². The SMILES string of the molecule is C[C@]12CCC3C(CC[C@H]4OC(=O)CC[C@]34C)C1CC[C@@H]2C(=O)N(C1CCCCC1)C1CCCCC1. The van der Waals surface area contributed by atoms with Gasteiger partial charge >= 0.3 is 5.97 Å². The fourth-order valence-corrected chi connectivity index (χ4v) is 10.5. The lowest BCUT2D eigenvalue weighted by Crippen LogP contribution is -2.58. The second-order valence-electron chi connectivity index (χ2n) is 13.9. The van der Waals surface area contributed by atoms with E-state index in [4.69, 9.17) is 4.74 Å². The van der Waals surface area contributed by atoms with Gasteiger partial charge in [0.1, 0.15) is 6.10 Å². The first kappa shape index (κ1) is 24.3. The van der Waals surface area contributed by atoms with Crippen LogP contribution in [0.15, 0.2) is 0 Å². The molecule has 0 radical (unpaired) electrons. The van der Waals surface area contributed by atoms with E-state index in [1.54, 1.807) is 0 Å². The van der Waals surface area contributed by atoms with Crippen molar-refractivity contribution >= 4 is 11.9 Å². The molecule has 1 heterocycles. The first-order valence-electron chi connectivity index (χ1n) is 15.4. The van der Waals surface area contributed by atoms with Crippen molar-refractivity contribution in [3.8, 4) is 0 Å². The third kappa shape index (κ3) is 3.99. The minimum absolute atomic E-state index is 0.0172. The maximum absolute atomic E-state index is 14.6. The summed E-state index contributed by atoms with van der Waals surface area (Å²) in [7, 11) is 0. The molecule has 1 amide bonds. The van der Waals surface area contributed by atoms with Gasteiger partial charge in [0.15, 0.2) is 0 Å². The van der Waals surface area contributed by atoms with Gasteiger partial charge in [0.25, 0.3) is 0 Å². The summed E-state index contributed by atoms with van der Waals surface area (Å²) in [5, 5.41) is 0. The van der Waals surface area contributed by atoms with Gasteiger partial charge in [-0.3, -0.25) is 9.59 Å². The number of carbonyl (C=O) groups is 2. The molecule has 5 aliphatic carbocycles. The van der Waals surface area contributed by atoms with Crippen LogP contribution in [0.4, 0.5) is 0 Å². The zero-order chi connectivity index (χ0) is 24.2. The Bertz CT molecular complexity index is 796. The minimum atomic E-state index is 0.0172. The third-order valence-corrected chi connectivity index (χ3v) is 12.4. The highest BCUT2D eigenvalue weighted by Gasteiger charge is 2.62. The topological polar surface area (TPSA) is 46.6 Å². The van der Waals surface area contributed by atoms with E-state index in [0.717, 1.165) is 19.3 Å². The molecule has 0 aromatic carbocycles. The molecule has 0 N–H and O–H groups in total. The van der Waals surface area contributed by atoms with Gasteiger partial charge in [-0.25, -0.2) is 0 Å². The fraction of sp³-hybridized carbons (Fsp3) is 0.935. The zero-order valence-corrected chi connectivity index (χ0v) is 22.4. The van der Waals surface area contributed by atoms with Gasteiger partial charge in [0.05, 0.1) is 0 Å². The van der Waals surface area contributed by atoms with Crippen molar-refractivity contribution in [2.24, 2.45) is 34.5 Å². The Labute approximate surface area is 213 Å². The van der Waals surface area contributed by atoms with E-state index in [9.17, 15) is 9.59 Å². The second-order valence-corrected chi connectivity index (χ2v) is 13.9. The molecular formula is C31H49NO3. The van der Waals surface area contributed by atoms with E-state index < -0.39 is 0 Å². The average Bonchev–Trinajstić information content (AvgIpc) is 3.23. The smallest absolute Gasteiger partial charge is 0.306 e. The summed E-state index contributed by atoms with van der Waals surface area (Å²) >= 11 is 0. The molecule has 0 aromatic rings. The molecule has 6 fully saturated rings. The van der Waals surface area contributed by atoms with Crippen molar-refractivity contribution in [2.75, 3.05) is 0 Å². The summed E-state index contributed by atoms with van der Waals surface area (Å²) in [4.78, 5) is 29.1. The summed E-state index contributed by atoms with van der Waals surface area (Å²) in [5.74, 6) is 2.84. The molecular weight excluding hydrogens is 434 g/mol. The molecule has 35 heavy (non-hydrogen) atoms. The molecule has 196 valence electrons. The molecule has 5 saturated carbocycles. The molecule has 7 atom stereocenters. The van der Waals surface area contributed by atoms with Crippen molar-refractivity contribution in [1.82, 2.24) is 4.90 Å². The van der Waals surface area contributed by atoms with Crippen LogP contribution in [0.3, 0.4) is 0 Å². The molecule has 0 aromatic heterocycles. The molecule has 1 aliphatic heterocycles. The number of rotatable bonds is 3. The van der Waals surface area contributed by atoms with E-state index in [2.05, 4.69) is 18.7 Å². The Hall–Kier alpha value is -1.06. The standard InChI is InChI=1S/C31H49NO3/c1-30-19-17-25-23(13-16-27-31(25,2)20-18-28(33)35-27)24(30)14-15-26(30)29(34)32(21-9-5-3-6-10-21)22-11-7-4-8-12-22/h21-27H,3-20H2,1-2H3/t23?,24?,25?,26-,27-,30+,31-/m1/s1. The monoisotopic (exact) mass is 483 g/mol. The Morgan fingerprint density at radius 2 is 1.37 bits per heavy atom. The Morgan fingerprint density at radius 3 is 2.03 bits per heavy atom. The lowest BCUT2D eigenvalue weighted by molar-refractivity contribution is -0.192. The van der Waals surface area contributed by atoms with Crippen LogP contribution in [0.5, 0.6) is 0 Å². The first-order valence-corrected chi connectivity index (χ1v) is 15.4. The van der Waals surface area contributed by atoms with E-state index in [1.807, 2.05) is 0 Å². The van der Waals surface area contributed by atoms with Crippen LogP contribution >= 0.6 is 0 Å². The maximum atomic E-state index is 14.6. The lowest BCUT2D eigenvalue weighted by Gasteiger charge is -2.59. The van der Waals surface area contributed by atoms with Crippen molar-refractivity contribution in [3.63, 3.8) is 0 Å². The Balaban J connectivity index is 1.24. The van der Waals surface area contributed by atoms with Crippen LogP contribution < -0.4 is 0 Å². The normalized spacial score (nSPS) is 44.6. The van der Waals surface area contributed by atoms with Crippen LogP contribution in [0.25, 0.3) is 0 Å². The van der Waals surface area contributed by atoms with Crippen molar-refractivity contribution < 1.29 is 14.3 Å². The predicted molar refractivity (Wildman–Crippen MR) is 138 cm³/mol. The van der Waals surface area contributed by atoms with E-state index in [0.29, 0.717) is 42.2 Å². The molecule has 4 nitrogen and oxygen atoms in total. The number of esters is 1. The molecule has 1 saturated heterocycles. The summed E-state index contributed by atoms with van der Waals surface area (Å²) in [6.45, 7) is 4.94. The number of nitrogens with zero attached hydrogens (tertiary/aromatic N) is 1. The lowest BCUT2D eigenvalue weighted by atomic mass is 9.47. The van der Waals surface area contributed by atoms with Gasteiger partial charge in [-0.2, -0.15) is 0 Å². The number of amides is 1. The van der Waals surface area contributed by atoms with Crippen molar-refractivity contribution in [3.05, 3.63) is 0 Å². The van der Waals surface area contributed by atoms with Gasteiger partial charge in [-0.05, 0) is 93.8 Å². The second kappa shape index (κ2) is 9.35. The van der Waals surface area contributed by atoms with Crippen LogP contribution in [-0.2, 0) is 14.3 Å². The number of hydrogen-bond acceptors (Lipinski definition) is 3. The van der Waals surface area contributed by atoms with Crippen molar-refractivity contribution in [1.29, 1.82) is 0 Å². The Kier molecular flexibility index (Phi) is 6.49. The highest BCUT2D eigenvalue weighted by atomic mass is 16.5. The van der Waals surface area contributed by atoms with E-state index in [1.165, 1.54) is 89.9 Å². The predicted octanol–water partition coefficient (Wildman–Crippen LogP) is 7.04. The van der Waals surface area contributed by atoms with Crippen LogP contribution in [-0.4, -0.2) is 35.0 Å². The number of ether oxygens (including phenoxy) is 1. The molecule has 6 rings (SSSR count). The first-order chi connectivity index (χ1) is 16.9. The summed E-state index contributed by atoms with van der Waals surface area (Å²) in [6, 6.07) is 1.01. The van der Waals surface area contributed by atoms with Gasteiger partial charge in [0.2, 0.25) is 5.91 Å². The third-order valence-electron chi connectivity index (χ3n) is 12.4. The van der Waals surface area contributed by atoms with Gasteiger partial charge in [-0.1, -0.05) is 52.4 Å². The van der Waals surface area contributed by atoms with E-state index >= 15 is 0 Å². The summed E-state index contributed by atoms with van der Waals surface area (Å²) < 4.78 is 5.90. The van der Waals surface area contributed by atoms with Crippen LogP contribution in [0, 0.1) is 34.5 Å². The molecule has 4 heteroatoms. The quantitative estimate of drug-likeness (QED) is 0.404. The highest BCUT2D eigenvalue weighted by molar-refractivity contribution is 5.81. The minimum Gasteiger partial charge on any atom is -0.462 e. The molecule has 0 bridgehead atoms. The number of fused-ring (bicyclic) bond motifs is 5. The molecule has 0 spiro atoms. The van der Waals surface area contributed by atoms with Gasteiger partial charge in [0, 0.05) is 29.8 Å². The van der Waals surface area contributed by atoms with Crippen LogP contribution in [0.1, 0.15) is 129 Å². The Morgan fingerprint density at radius 1 is 0.743 bits per heavy atom. The summed E-state index contributed by atoms with van der Waals surface area (Å²) in [6.07, 6.45) is 21.6. The van der Waals surface area contributed by atoms with E-state index in [-0.39, 0.29) is 28.8 Å². The zero-order valence-electron chi connectivity index (χ0n) is 22.4. The maximum Gasteiger partial charge on any atom is 0.306 e. The average molecular weight is 484 g/mol. The molecule has 3 unspecified atom stereocenters. The fourth-order valence-electron chi connectivity index (χ4n) is 10.5. The number of carbonyl (C=O) groups excluding carboxylic acids is 2. The largest absolute Gasteiger partial charge is 0.462 e. The van der Waals surface area contributed by atoms with Gasteiger partial charge in [-0.15, -0.1) is 0 Å². The van der Waals surface area contributed by atoms with Crippen molar-refractivity contribution in [2.45, 2.75) is 148 Å². The number of hydrogen-bond donors (Lipinski definition) is 0. The van der Waals surface area contributed by atoms with Crippen LogP contribution in [0.2, 0.25) is 0 Å². The molecule has 6 aliphatic rings. The highest BCUT2D eigenvalue weighted by Crippen LogP contribution is 2.66.